The number of rotatable bonds is 6. The molecule has 0 aliphatic heterocycles. The molecule has 160 valence electrons. The number of carbonyl (C=O) groups excluding carboxylic acids is 1. The van der Waals surface area contributed by atoms with Crippen LogP contribution in [0.5, 0.6) is 0 Å². The second kappa shape index (κ2) is 9.98. The van der Waals surface area contributed by atoms with Gasteiger partial charge in [0, 0.05) is 13.1 Å². The molecule has 0 spiro atoms. The summed E-state index contributed by atoms with van der Waals surface area (Å²) < 4.78 is 40.0. The highest BCUT2D eigenvalue weighted by atomic mass is 19.4. The molecular formula is C25H23F3N2O. The largest absolute Gasteiger partial charge is 0.418 e. The maximum atomic E-state index is 13.3. The van der Waals surface area contributed by atoms with Crippen molar-refractivity contribution in [1.29, 1.82) is 0 Å². The number of benzene rings is 3. The van der Waals surface area contributed by atoms with Crippen molar-refractivity contribution in [3.63, 3.8) is 0 Å². The van der Waals surface area contributed by atoms with E-state index in [1.807, 2.05) is 73.7 Å². The fraction of sp³-hybridized carbons (Fsp3) is 0.160. The van der Waals surface area contributed by atoms with Gasteiger partial charge in [-0.15, -0.1) is 0 Å². The van der Waals surface area contributed by atoms with E-state index in [1.54, 1.807) is 0 Å². The summed E-state index contributed by atoms with van der Waals surface area (Å²) in [7, 11) is 0. The number of hydrogen-bond donors (Lipinski definition) is 1. The van der Waals surface area contributed by atoms with E-state index in [9.17, 15) is 18.0 Å². The molecule has 3 rings (SSSR count). The molecule has 0 aromatic heterocycles. The Morgan fingerprint density at radius 2 is 1.48 bits per heavy atom. The summed E-state index contributed by atoms with van der Waals surface area (Å²) in [5, 5.41) is 2.45. The lowest BCUT2D eigenvalue weighted by Crippen LogP contribution is -2.36. The molecule has 0 bridgehead atoms. The summed E-state index contributed by atoms with van der Waals surface area (Å²) in [6, 6.07) is 23.4. The van der Waals surface area contributed by atoms with Gasteiger partial charge in [-0.1, -0.05) is 84.4 Å². The van der Waals surface area contributed by atoms with Gasteiger partial charge >= 0.3 is 12.2 Å². The van der Waals surface area contributed by atoms with E-state index in [2.05, 4.69) is 5.32 Å². The Morgan fingerprint density at radius 1 is 0.903 bits per heavy atom. The molecule has 3 nitrogen and oxygen atoms in total. The molecule has 31 heavy (non-hydrogen) atoms. The van der Waals surface area contributed by atoms with Crippen molar-refractivity contribution in [3.8, 4) is 0 Å². The van der Waals surface area contributed by atoms with Crippen LogP contribution in [0.25, 0.3) is 6.08 Å². The van der Waals surface area contributed by atoms with Crippen molar-refractivity contribution >= 4 is 17.8 Å². The zero-order chi connectivity index (χ0) is 22.3. The van der Waals surface area contributed by atoms with E-state index in [-0.39, 0.29) is 18.8 Å². The van der Waals surface area contributed by atoms with Crippen LogP contribution < -0.4 is 5.32 Å². The Morgan fingerprint density at radius 3 is 2.13 bits per heavy atom. The maximum Gasteiger partial charge on any atom is 0.418 e. The first-order valence-electron chi connectivity index (χ1n) is 9.81. The first kappa shape index (κ1) is 22.2. The van der Waals surface area contributed by atoms with Crippen LogP contribution in [0.15, 0.2) is 90.5 Å². The molecule has 0 saturated heterocycles. The third-order valence-electron chi connectivity index (χ3n) is 4.63. The van der Waals surface area contributed by atoms with Crippen LogP contribution in [-0.2, 0) is 12.7 Å². The SMILES string of the molecule is C/C(=C/c1ccccc1)CN(Cc1ccccc1)C(=O)Nc1ccccc1C(F)(F)F. The molecule has 6 heteroatoms. The Hall–Kier alpha value is -3.54. The number of alkyl halides is 3. The average molecular weight is 424 g/mol. The molecule has 3 aromatic rings. The fourth-order valence-corrected chi connectivity index (χ4v) is 3.22. The van der Waals surface area contributed by atoms with Crippen molar-refractivity contribution in [2.45, 2.75) is 19.6 Å². The minimum absolute atomic E-state index is 0.261. The smallest absolute Gasteiger partial charge is 0.316 e. The zero-order valence-electron chi connectivity index (χ0n) is 17.1. The van der Waals surface area contributed by atoms with Gasteiger partial charge in [0.25, 0.3) is 0 Å². The van der Waals surface area contributed by atoms with Gasteiger partial charge in [0.2, 0.25) is 0 Å². The molecule has 1 N–H and O–H groups in total. The average Bonchev–Trinajstić information content (AvgIpc) is 2.74. The molecular weight excluding hydrogens is 401 g/mol. The molecule has 0 atom stereocenters. The molecule has 0 aliphatic carbocycles. The van der Waals surface area contributed by atoms with Gasteiger partial charge in [0.15, 0.2) is 0 Å². The lowest BCUT2D eigenvalue weighted by molar-refractivity contribution is -0.136. The van der Waals surface area contributed by atoms with Gasteiger partial charge < -0.3 is 10.2 Å². The minimum Gasteiger partial charge on any atom is -0.316 e. The summed E-state index contributed by atoms with van der Waals surface area (Å²) in [5.74, 6) is 0. The predicted molar refractivity (Wildman–Crippen MR) is 117 cm³/mol. The van der Waals surface area contributed by atoms with Crippen LogP contribution in [0.3, 0.4) is 0 Å². The third-order valence-corrected chi connectivity index (χ3v) is 4.63. The summed E-state index contributed by atoms with van der Waals surface area (Å²) in [5.41, 5.74) is 1.64. The zero-order valence-corrected chi connectivity index (χ0v) is 17.1. The number of para-hydroxylation sites is 1. The number of amides is 2. The molecule has 0 heterocycles. The van der Waals surface area contributed by atoms with Crippen molar-refractivity contribution < 1.29 is 18.0 Å². The van der Waals surface area contributed by atoms with E-state index < -0.39 is 17.8 Å². The van der Waals surface area contributed by atoms with Crippen LogP contribution in [0, 0.1) is 0 Å². The molecule has 0 fully saturated rings. The molecule has 0 saturated carbocycles. The van der Waals surface area contributed by atoms with Crippen LogP contribution in [0.1, 0.15) is 23.6 Å². The van der Waals surface area contributed by atoms with Gasteiger partial charge in [0.05, 0.1) is 11.3 Å². The van der Waals surface area contributed by atoms with Gasteiger partial charge in [-0.2, -0.15) is 13.2 Å². The fourth-order valence-electron chi connectivity index (χ4n) is 3.22. The number of hydrogen-bond acceptors (Lipinski definition) is 1. The van der Waals surface area contributed by atoms with Crippen LogP contribution in [0.2, 0.25) is 0 Å². The van der Waals surface area contributed by atoms with Crippen molar-refractivity contribution in [1.82, 2.24) is 4.90 Å². The van der Waals surface area contributed by atoms with E-state index >= 15 is 0 Å². The standard InChI is InChI=1S/C25H23F3N2O/c1-19(16-20-10-4-2-5-11-20)17-30(18-21-12-6-3-7-13-21)24(31)29-23-15-9-8-14-22(23)25(26,27)28/h2-16H,17-18H2,1H3,(H,29,31)/b19-16-. The van der Waals surface area contributed by atoms with E-state index in [1.165, 1.54) is 23.1 Å². The van der Waals surface area contributed by atoms with Crippen molar-refractivity contribution in [2.24, 2.45) is 0 Å². The Kier molecular flexibility index (Phi) is 7.13. The summed E-state index contributed by atoms with van der Waals surface area (Å²) in [6.07, 6.45) is -2.60. The second-order valence-corrected chi connectivity index (χ2v) is 7.22. The van der Waals surface area contributed by atoms with Gasteiger partial charge in [-0.05, 0) is 30.2 Å². The maximum absolute atomic E-state index is 13.3. The molecule has 2 amide bonds. The Labute approximate surface area is 179 Å². The summed E-state index contributed by atoms with van der Waals surface area (Å²) >= 11 is 0. The van der Waals surface area contributed by atoms with Gasteiger partial charge in [-0.3, -0.25) is 0 Å². The van der Waals surface area contributed by atoms with Crippen molar-refractivity contribution in [2.75, 3.05) is 11.9 Å². The number of halogens is 3. The minimum atomic E-state index is -4.56. The first-order chi connectivity index (χ1) is 14.8. The summed E-state index contributed by atoms with van der Waals surface area (Å²) in [4.78, 5) is 14.5. The predicted octanol–water partition coefficient (Wildman–Crippen LogP) is 6.84. The van der Waals surface area contributed by atoms with Gasteiger partial charge in [0.1, 0.15) is 0 Å². The second-order valence-electron chi connectivity index (χ2n) is 7.22. The van der Waals surface area contributed by atoms with E-state index in [0.717, 1.165) is 22.8 Å². The Bertz CT molecular complexity index is 1030. The first-order valence-corrected chi connectivity index (χ1v) is 9.81. The van der Waals surface area contributed by atoms with Crippen LogP contribution in [-0.4, -0.2) is 17.5 Å². The van der Waals surface area contributed by atoms with E-state index in [4.69, 9.17) is 0 Å². The number of nitrogens with one attached hydrogen (secondary N) is 1. The Balaban J connectivity index is 1.84. The highest BCUT2D eigenvalue weighted by Crippen LogP contribution is 2.34. The number of nitrogens with zero attached hydrogens (tertiary/aromatic N) is 1. The topological polar surface area (TPSA) is 32.3 Å². The highest BCUT2D eigenvalue weighted by Gasteiger charge is 2.34. The number of anilines is 1. The molecule has 3 aromatic carbocycles. The normalized spacial score (nSPS) is 11.8. The molecule has 0 aliphatic rings. The number of urea groups is 1. The summed E-state index contributed by atoms with van der Waals surface area (Å²) in [6.45, 7) is 2.42. The lowest BCUT2D eigenvalue weighted by atomic mass is 10.1. The lowest BCUT2D eigenvalue weighted by Gasteiger charge is -2.25. The highest BCUT2D eigenvalue weighted by molar-refractivity contribution is 5.90. The quantitative estimate of drug-likeness (QED) is 0.461. The molecule has 0 radical (unpaired) electrons. The van der Waals surface area contributed by atoms with Crippen molar-refractivity contribution in [3.05, 3.63) is 107 Å². The number of carbonyl (C=O) groups is 1. The van der Waals surface area contributed by atoms with Crippen LogP contribution in [0.4, 0.5) is 23.7 Å². The third kappa shape index (κ3) is 6.47. The van der Waals surface area contributed by atoms with E-state index in [0.29, 0.717) is 0 Å². The van der Waals surface area contributed by atoms with Gasteiger partial charge in [-0.25, -0.2) is 4.79 Å². The van der Waals surface area contributed by atoms with Crippen LogP contribution >= 0.6 is 0 Å². The molecule has 0 unspecified atom stereocenters. The monoisotopic (exact) mass is 424 g/mol.